The average Bonchev–Trinajstić information content (AvgIpc) is 2.06. The van der Waals surface area contributed by atoms with Gasteiger partial charge in [0, 0.05) is 12.4 Å². The van der Waals surface area contributed by atoms with Crippen LogP contribution in [0.4, 0.5) is 0 Å². The van der Waals surface area contributed by atoms with E-state index in [9.17, 15) is 5.11 Å². The molecule has 0 radical (unpaired) electrons. The minimum Gasteiger partial charge on any atom is -0.391 e. The molecular formula is C8H16ClNO. The van der Waals surface area contributed by atoms with Gasteiger partial charge in [-0.3, -0.25) is 0 Å². The van der Waals surface area contributed by atoms with Crippen molar-refractivity contribution in [2.24, 2.45) is 0 Å². The van der Waals surface area contributed by atoms with Crippen molar-refractivity contribution < 1.29 is 5.11 Å². The van der Waals surface area contributed by atoms with Crippen molar-refractivity contribution in [2.75, 3.05) is 25.5 Å². The third kappa shape index (κ3) is 3.41. The number of aliphatic hydroxyl groups is 1. The number of β-amino-alcohol motifs (C(OH)–C–C–N with tert-alkyl or cyclic N) is 1. The maximum atomic E-state index is 9.24. The number of aliphatic hydroxyl groups excluding tert-OH is 1. The molecule has 1 aliphatic heterocycles. The topological polar surface area (TPSA) is 23.5 Å². The smallest absolute Gasteiger partial charge is 0.0802 e. The lowest BCUT2D eigenvalue weighted by Crippen LogP contribution is -2.36. The Bertz CT molecular complexity index is 104. The Balaban J connectivity index is 2.13. The van der Waals surface area contributed by atoms with Crippen LogP contribution in [0.1, 0.15) is 19.3 Å². The maximum Gasteiger partial charge on any atom is 0.0802 e. The zero-order valence-electron chi connectivity index (χ0n) is 6.80. The lowest BCUT2D eigenvalue weighted by atomic mass is 10.1. The maximum absolute atomic E-state index is 9.24. The number of hydrogen-bond donors (Lipinski definition) is 1. The molecule has 2 nitrogen and oxygen atoms in total. The van der Waals surface area contributed by atoms with Crippen LogP contribution in [0.3, 0.4) is 0 Å². The van der Waals surface area contributed by atoms with Crippen molar-refractivity contribution in [1.82, 2.24) is 4.90 Å². The monoisotopic (exact) mass is 177 g/mol. The highest BCUT2D eigenvalue weighted by Crippen LogP contribution is 2.08. The molecule has 0 aromatic heterocycles. The van der Waals surface area contributed by atoms with Crippen molar-refractivity contribution in [2.45, 2.75) is 25.4 Å². The van der Waals surface area contributed by atoms with Crippen molar-refractivity contribution in [1.29, 1.82) is 0 Å². The van der Waals surface area contributed by atoms with E-state index in [4.69, 9.17) is 11.6 Å². The van der Waals surface area contributed by atoms with Crippen LogP contribution in [0.2, 0.25) is 0 Å². The van der Waals surface area contributed by atoms with E-state index in [0.717, 1.165) is 19.6 Å². The van der Waals surface area contributed by atoms with Gasteiger partial charge in [0.25, 0.3) is 0 Å². The van der Waals surface area contributed by atoms with E-state index in [1.165, 1.54) is 19.3 Å². The molecule has 0 saturated carbocycles. The van der Waals surface area contributed by atoms with E-state index in [2.05, 4.69) is 4.90 Å². The Morgan fingerprint density at radius 2 is 1.91 bits per heavy atom. The second kappa shape index (κ2) is 4.96. The Morgan fingerprint density at radius 3 is 2.45 bits per heavy atom. The molecule has 3 heteroatoms. The third-order valence-corrected chi connectivity index (χ3v) is 2.45. The molecule has 0 aliphatic carbocycles. The number of nitrogens with zero attached hydrogens (tertiary/aromatic N) is 1. The second-order valence-corrected chi connectivity index (χ2v) is 3.48. The van der Waals surface area contributed by atoms with Crippen molar-refractivity contribution in [3.05, 3.63) is 0 Å². The lowest BCUT2D eigenvalue weighted by Gasteiger charge is -2.27. The Labute approximate surface area is 73.1 Å². The summed E-state index contributed by atoms with van der Waals surface area (Å²) in [6, 6.07) is 0. The van der Waals surface area contributed by atoms with Gasteiger partial charge in [0.1, 0.15) is 0 Å². The summed E-state index contributed by atoms with van der Waals surface area (Å²) in [5.74, 6) is 0.358. The predicted molar refractivity (Wildman–Crippen MR) is 47.0 cm³/mol. The van der Waals surface area contributed by atoms with Crippen molar-refractivity contribution >= 4 is 11.6 Å². The summed E-state index contributed by atoms with van der Waals surface area (Å²) in [5, 5.41) is 9.24. The van der Waals surface area contributed by atoms with E-state index in [1.807, 2.05) is 0 Å². The third-order valence-electron chi connectivity index (χ3n) is 2.10. The summed E-state index contributed by atoms with van der Waals surface area (Å²) in [6.07, 6.45) is 3.55. The fraction of sp³-hybridized carbons (Fsp3) is 1.00. The quantitative estimate of drug-likeness (QED) is 0.653. The summed E-state index contributed by atoms with van der Waals surface area (Å²) in [5.41, 5.74) is 0. The van der Waals surface area contributed by atoms with Crippen LogP contribution in [-0.4, -0.2) is 41.6 Å². The second-order valence-electron chi connectivity index (χ2n) is 3.17. The molecule has 1 N–H and O–H groups in total. The Hall–Kier alpha value is 0.210. The fourth-order valence-corrected chi connectivity index (χ4v) is 1.59. The molecule has 1 aliphatic rings. The van der Waals surface area contributed by atoms with Crippen LogP contribution in [0.25, 0.3) is 0 Å². The largest absolute Gasteiger partial charge is 0.391 e. The van der Waals surface area contributed by atoms with Crippen LogP contribution in [0.15, 0.2) is 0 Å². The summed E-state index contributed by atoms with van der Waals surface area (Å²) >= 11 is 5.49. The Kier molecular flexibility index (Phi) is 4.20. The van der Waals surface area contributed by atoms with Crippen molar-refractivity contribution in [3.63, 3.8) is 0 Å². The first-order chi connectivity index (χ1) is 5.33. The molecule has 1 atom stereocenters. The van der Waals surface area contributed by atoms with Crippen LogP contribution in [0, 0.1) is 0 Å². The molecule has 1 rings (SSSR count). The van der Waals surface area contributed by atoms with Gasteiger partial charge in [-0.05, 0) is 25.9 Å². The van der Waals surface area contributed by atoms with Crippen LogP contribution in [0.5, 0.6) is 0 Å². The van der Waals surface area contributed by atoms with Gasteiger partial charge >= 0.3 is 0 Å². The molecule has 0 aromatic carbocycles. The van der Waals surface area contributed by atoms with Gasteiger partial charge in [-0.25, -0.2) is 0 Å². The highest BCUT2D eigenvalue weighted by atomic mass is 35.5. The van der Waals surface area contributed by atoms with Gasteiger partial charge in [-0.2, -0.15) is 0 Å². The molecule has 0 spiro atoms. The Morgan fingerprint density at radius 1 is 1.27 bits per heavy atom. The lowest BCUT2D eigenvalue weighted by molar-refractivity contribution is 0.116. The molecule has 1 heterocycles. The normalized spacial score (nSPS) is 23.5. The zero-order valence-corrected chi connectivity index (χ0v) is 7.56. The molecule has 0 unspecified atom stereocenters. The molecule has 1 fully saturated rings. The van der Waals surface area contributed by atoms with E-state index in [0.29, 0.717) is 5.88 Å². The first-order valence-electron chi connectivity index (χ1n) is 4.29. The minimum absolute atomic E-state index is 0.338. The van der Waals surface area contributed by atoms with Crippen LogP contribution >= 0.6 is 11.6 Å². The number of rotatable bonds is 3. The standard InChI is InChI=1S/C8H16ClNO/c9-6-8(11)7-10-4-2-1-3-5-10/h8,11H,1-7H2/t8-/m1/s1. The summed E-state index contributed by atoms with van der Waals surface area (Å²) < 4.78 is 0. The van der Waals surface area contributed by atoms with E-state index >= 15 is 0 Å². The SMILES string of the molecule is O[C@H](CCl)CN1CCCCC1. The van der Waals surface area contributed by atoms with Gasteiger partial charge < -0.3 is 10.0 Å². The zero-order chi connectivity index (χ0) is 8.10. The highest BCUT2D eigenvalue weighted by molar-refractivity contribution is 6.18. The molecule has 11 heavy (non-hydrogen) atoms. The average molecular weight is 178 g/mol. The minimum atomic E-state index is -0.338. The summed E-state index contributed by atoms with van der Waals surface area (Å²) in [6.45, 7) is 3.02. The molecular weight excluding hydrogens is 162 g/mol. The number of piperidine rings is 1. The molecule has 0 bridgehead atoms. The van der Waals surface area contributed by atoms with E-state index in [-0.39, 0.29) is 6.10 Å². The number of alkyl halides is 1. The highest BCUT2D eigenvalue weighted by Gasteiger charge is 2.13. The van der Waals surface area contributed by atoms with Gasteiger partial charge in [0.15, 0.2) is 0 Å². The van der Waals surface area contributed by atoms with E-state index in [1.54, 1.807) is 0 Å². The molecule has 66 valence electrons. The predicted octanol–water partition coefficient (Wildman–Crippen LogP) is 1.07. The van der Waals surface area contributed by atoms with Crippen molar-refractivity contribution in [3.8, 4) is 0 Å². The van der Waals surface area contributed by atoms with Gasteiger partial charge in [0.05, 0.1) is 6.10 Å². The first-order valence-corrected chi connectivity index (χ1v) is 4.83. The fourth-order valence-electron chi connectivity index (χ4n) is 1.49. The van der Waals surface area contributed by atoms with Crippen LogP contribution in [-0.2, 0) is 0 Å². The number of hydrogen-bond acceptors (Lipinski definition) is 2. The van der Waals surface area contributed by atoms with Gasteiger partial charge in [-0.15, -0.1) is 11.6 Å². The summed E-state index contributed by atoms with van der Waals surface area (Å²) in [7, 11) is 0. The summed E-state index contributed by atoms with van der Waals surface area (Å²) in [4.78, 5) is 2.29. The molecule has 1 saturated heterocycles. The molecule has 0 aromatic rings. The number of halogens is 1. The number of likely N-dealkylation sites (tertiary alicyclic amines) is 1. The molecule has 0 amide bonds. The van der Waals surface area contributed by atoms with Gasteiger partial charge in [0.2, 0.25) is 0 Å². The van der Waals surface area contributed by atoms with Crippen LogP contribution < -0.4 is 0 Å². The van der Waals surface area contributed by atoms with E-state index < -0.39 is 0 Å². The van der Waals surface area contributed by atoms with Gasteiger partial charge in [-0.1, -0.05) is 6.42 Å². The first kappa shape index (κ1) is 9.30.